The molecule has 2 heterocycles. The molecule has 2 aromatic heterocycles. The third-order valence-corrected chi connectivity index (χ3v) is 3.58. The Balaban J connectivity index is 2.12. The van der Waals surface area contributed by atoms with Crippen LogP contribution in [0.4, 0.5) is 0 Å². The van der Waals surface area contributed by atoms with Crippen molar-refractivity contribution in [1.29, 1.82) is 0 Å². The summed E-state index contributed by atoms with van der Waals surface area (Å²) in [5.41, 5.74) is 0.126. The minimum Gasteiger partial charge on any atom is -0.361 e. The summed E-state index contributed by atoms with van der Waals surface area (Å²) < 4.78 is 30.8. The van der Waals surface area contributed by atoms with E-state index in [1.807, 2.05) is 0 Å². The molecule has 0 aliphatic rings. The molecule has 0 atom stereocenters. The predicted octanol–water partition coefficient (Wildman–Crippen LogP) is 0.150. The number of sulfonamides is 1. The Morgan fingerprint density at radius 3 is 2.78 bits per heavy atom. The number of H-pyrrole nitrogens is 1. The molecular weight excluding hydrogens is 258 g/mol. The molecule has 0 aromatic carbocycles. The highest BCUT2D eigenvalue weighted by Gasteiger charge is 2.14. The highest BCUT2D eigenvalue weighted by atomic mass is 32.2. The van der Waals surface area contributed by atoms with Gasteiger partial charge in [-0.1, -0.05) is 5.16 Å². The van der Waals surface area contributed by atoms with E-state index >= 15 is 0 Å². The van der Waals surface area contributed by atoms with Gasteiger partial charge in [0.05, 0.1) is 17.1 Å². The second-order valence-electron chi connectivity index (χ2n) is 3.64. The maximum Gasteiger partial charge on any atom is 0.247 e. The van der Waals surface area contributed by atoms with E-state index in [9.17, 15) is 13.2 Å². The van der Waals surface area contributed by atoms with Gasteiger partial charge in [0.15, 0.2) is 0 Å². The highest BCUT2D eigenvalue weighted by molar-refractivity contribution is 7.89. The van der Waals surface area contributed by atoms with Gasteiger partial charge in [-0.2, -0.15) is 0 Å². The summed E-state index contributed by atoms with van der Waals surface area (Å²) in [4.78, 5) is 13.1. The molecule has 0 spiro atoms. The van der Waals surface area contributed by atoms with Crippen LogP contribution in [-0.2, 0) is 16.6 Å². The monoisotopic (exact) mass is 269 g/mol. The zero-order valence-corrected chi connectivity index (χ0v) is 10.3. The van der Waals surface area contributed by atoms with Crippen LogP contribution < -0.4 is 10.3 Å². The van der Waals surface area contributed by atoms with Crippen molar-refractivity contribution in [2.45, 2.75) is 18.4 Å². The molecule has 0 fully saturated rings. The van der Waals surface area contributed by atoms with Gasteiger partial charge < -0.3 is 9.51 Å². The molecule has 8 heteroatoms. The zero-order chi connectivity index (χ0) is 13.2. The van der Waals surface area contributed by atoms with Crippen LogP contribution in [0.3, 0.4) is 0 Å². The van der Waals surface area contributed by atoms with Crippen molar-refractivity contribution in [2.75, 3.05) is 0 Å². The number of aryl methyl sites for hydroxylation is 1. The fourth-order valence-electron chi connectivity index (χ4n) is 1.32. The topological polar surface area (TPSA) is 105 Å². The normalized spacial score (nSPS) is 11.6. The summed E-state index contributed by atoms with van der Waals surface area (Å²) in [7, 11) is -3.67. The number of pyridine rings is 1. The minimum atomic E-state index is -3.67. The molecule has 0 amide bonds. The maximum atomic E-state index is 11.8. The van der Waals surface area contributed by atoms with E-state index in [1.165, 1.54) is 6.07 Å². The van der Waals surface area contributed by atoms with Crippen molar-refractivity contribution in [1.82, 2.24) is 14.9 Å². The van der Waals surface area contributed by atoms with Crippen molar-refractivity contribution >= 4 is 10.0 Å². The Morgan fingerprint density at radius 2 is 2.22 bits per heavy atom. The molecule has 2 aromatic rings. The van der Waals surface area contributed by atoms with Gasteiger partial charge in [-0.05, 0) is 13.0 Å². The van der Waals surface area contributed by atoms with Crippen LogP contribution in [0.15, 0.2) is 38.6 Å². The van der Waals surface area contributed by atoms with Gasteiger partial charge in [0.25, 0.3) is 0 Å². The van der Waals surface area contributed by atoms with Crippen LogP contribution in [0.1, 0.15) is 11.5 Å². The third kappa shape index (κ3) is 2.84. The number of rotatable bonds is 4. The lowest BCUT2D eigenvalue weighted by atomic mass is 10.4. The minimum absolute atomic E-state index is 0.0117. The zero-order valence-electron chi connectivity index (χ0n) is 9.50. The Morgan fingerprint density at radius 1 is 1.44 bits per heavy atom. The Labute approximate surface area is 103 Å². The predicted molar refractivity (Wildman–Crippen MR) is 62.3 cm³/mol. The van der Waals surface area contributed by atoms with E-state index in [2.05, 4.69) is 14.9 Å². The van der Waals surface area contributed by atoms with Gasteiger partial charge in [-0.25, -0.2) is 13.1 Å². The molecule has 0 unspecified atom stereocenters. The fraction of sp³-hybridized carbons (Fsp3) is 0.200. The Kier molecular flexibility index (Phi) is 3.30. The van der Waals surface area contributed by atoms with Crippen LogP contribution >= 0.6 is 0 Å². The molecule has 0 radical (unpaired) electrons. The number of aromatic nitrogens is 2. The molecule has 96 valence electrons. The number of nitrogens with one attached hydrogen (secondary N) is 2. The molecule has 18 heavy (non-hydrogen) atoms. The standard InChI is InChI=1S/C10H11N3O4S/c1-7-4-8(13-17-7)5-12-18(15,16)9-2-3-10(14)11-6-9/h2-4,6,12H,5H2,1H3,(H,11,14). The first-order valence-electron chi connectivity index (χ1n) is 5.08. The fourth-order valence-corrected chi connectivity index (χ4v) is 2.28. The number of nitrogens with zero attached hydrogens (tertiary/aromatic N) is 1. The summed E-state index contributed by atoms with van der Waals surface area (Å²) in [5.74, 6) is 0.605. The van der Waals surface area contributed by atoms with Crippen molar-refractivity contribution < 1.29 is 12.9 Å². The van der Waals surface area contributed by atoms with Crippen LogP contribution in [0, 0.1) is 6.92 Å². The summed E-state index contributed by atoms with van der Waals surface area (Å²) >= 11 is 0. The van der Waals surface area contributed by atoms with Crippen molar-refractivity contribution in [2.24, 2.45) is 0 Å². The number of hydrogen-bond acceptors (Lipinski definition) is 5. The van der Waals surface area contributed by atoms with E-state index in [4.69, 9.17) is 4.52 Å². The van der Waals surface area contributed by atoms with Gasteiger partial charge in [-0.3, -0.25) is 4.79 Å². The summed E-state index contributed by atoms with van der Waals surface area (Å²) in [6, 6.07) is 4.01. The van der Waals surface area contributed by atoms with E-state index in [-0.39, 0.29) is 17.0 Å². The number of aromatic amines is 1. The molecule has 0 bridgehead atoms. The first-order chi connectivity index (χ1) is 8.47. The van der Waals surface area contributed by atoms with Crippen LogP contribution in [-0.4, -0.2) is 18.6 Å². The van der Waals surface area contributed by atoms with Gasteiger partial charge in [-0.15, -0.1) is 0 Å². The summed E-state index contributed by atoms with van der Waals surface area (Å²) in [6.07, 6.45) is 1.14. The van der Waals surface area contributed by atoms with Crippen LogP contribution in [0.5, 0.6) is 0 Å². The third-order valence-electron chi connectivity index (χ3n) is 2.19. The number of hydrogen-bond donors (Lipinski definition) is 2. The average molecular weight is 269 g/mol. The summed E-state index contributed by atoms with van der Waals surface area (Å²) in [6.45, 7) is 1.74. The molecule has 0 aliphatic carbocycles. The lowest BCUT2D eigenvalue weighted by molar-refractivity contribution is 0.390. The van der Waals surface area contributed by atoms with Crippen LogP contribution in [0.25, 0.3) is 0 Å². The van der Waals surface area contributed by atoms with Gasteiger partial charge in [0, 0.05) is 18.3 Å². The molecule has 0 saturated heterocycles. The SMILES string of the molecule is Cc1cc(CNS(=O)(=O)c2ccc(=O)[nH]c2)no1. The van der Waals surface area contributed by atoms with E-state index in [0.29, 0.717) is 11.5 Å². The van der Waals surface area contributed by atoms with Crippen molar-refractivity contribution in [3.8, 4) is 0 Å². The van der Waals surface area contributed by atoms with Gasteiger partial charge in [0.1, 0.15) is 5.76 Å². The van der Waals surface area contributed by atoms with Gasteiger partial charge in [0.2, 0.25) is 15.6 Å². The molecule has 2 rings (SSSR count). The Hall–Kier alpha value is -1.93. The molecular formula is C10H11N3O4S. The van der Waals surface area contributed by atoms with E-state index in [0.717, 1.165) is 12.3 Å². The van der Waals surface area contributed by atoms with Crippen LogP contribution in [0.2, 0.25) is 0 Å². The second kappa shape index (κ2) is 4.75. The van der Waals surface area contributed by atoms with Gasteiger partial charge >= 0.3 is 0 Å². The molecule has 7 nitrogen and oxygen atoms in total. The second-order valence-corrected chi connectivity index (χ2v) is 5.41. The molecule has 0 aliphatic heterocycles. The quantitative estimate of drug-likeness (QED) is 0.822. The average Bonchev–Trinajstić information content (AvgIpc) is 2.73. The first kappa shape index (κ1) is 12.5. The van der Waals surface area contributed by atoms with E-state index < -0.39 is 10.0 Å². The Bertz CT molecular complexity index is 681. The highest BCUT2D eigenvalue weighted by Crippen LogP contribution is 2.06. The summed E-state index contributed by atoms with van der Waals surface area (Å²) in [5, 5.41) is 3.67. The smallest absolute Gasteiger partial charge is 0.247 e. The van der Waals surface area contributed by atoms with Crippen molar-refractivity contribution in [3.05, 3.63) is 46.2 Å². The lowest BCUT2D eigenvalue weighted by Gasteiger charge is -2.03. The maximum absolute atomic E-state index is 11.8. The largest absolute Gasteiger partial charge is 0.361 e. The molecule has 0 saturated carbocycles. The van der Waals surface area contributed by atoms with E-state index in [1.54, 1.807) is 13.0 Å². The lowest BCUT2D eigenvalue weighted by Crippen LogP contribution is -2.24. The van der Waals surface area contributed by atoms with Crippen molar-refractivity contribution in [3.63, 3.8) is 0 Å². The first-order valence-corrected chi connectivity index (χ1v) is 6.56. The molecule has 2 N–H and O–H groups in total.